The van der Waals surface area contributed by atoms with E-state index in [9.17, 15) is 0 Å². The number of hydrogen-bond acceptors (Lipinski definition) is 4. The van der Waals surface area contributed by atoms with Gasteiger partial charge in [0.15, 0.2) is 13.1 Å². The maximum Gasteiger partial charge on any atom is 0.187 e. The third-order valence-electron chi connectivity index (χ3n) is 3.71. The predicted octanol–water partition coefficient (Wildman–Crippen LogP) is 5.03. The second kappa shape index (κ2) is 18.5. The molecule has 0 saturated carbocycles. The number of hydrogen-bond donors (Lipinski definition) is 0. The molecular weight excluding hydrogens is 280 g/mol. The van der Waals surface area contributed by atoms with Crippen molar-refractivity contribution < 1.29 is 18.9 Å². The minimum Gasteiger partial charge on any atom is -0.476 e. The number of unbranched alkanes of at least 4 members (excludes halogenated alkanes) is 9. The van der Waals surface area contributed by atoms with Crippen LogP contribution in [0.5, 0.6) is 0 Å². The van der Waals surface area contributed by atoms with E-state index in [0.29, 0.717) is 6.79 Å². The lowest BCUT2D eigenvalue weighted by molar-refractivity contribution is -0.107. The van der Waals surface area contributed by atoms with Gasteiger partial charge >= 0.3 is 0 Å². The molecule has 0 aromatic carbocycles. The van der Waals surface area contributed by atoms with Gasteiger partial charge in [-0.05, 0) is 31.8 Å². The van der Waals surface area contributed by atoms with E-state index >= 15 is 0 Å². The van der Waals surface area contributed by atoms with Gasteiger partial charge in [0.25, 0.3) is 0 Å². The molecule has 0 bridgehead atoms. The number of methoxy groups -OCH3 is 3. The molecule has 0 N–H and O–H groups in total. The van der Waals surface area contributed by atoms with Crippen molar-refractivity contribution >= 4 is 0 Å². The first-order chi connectivity index (χ1) is 10.8. The normalized spacial score (nSPS) is 11.6. The van der Waals surface area contributed by atoms with Gasteiger partial charge in [0.1, 0.15) is 0 Å². The van der Waals surface area contributed by atoms with E-state index in [1.807, 2.05) is 0 Å². The average Bonchev–Trinajstić information content (AvgIpc) is 2.55. The Morgan fingerprint density at radius 2 is 1.27 bits per heavy atom. The van der Waals surface area contributed by atoms with Crippen molar-refractivity contribution in [3.8, 4) is 0 Å². The van der Waals surface area contributed by atoms with Crippen molar-refractivity contribution in [1.82, 2.24) is 0 Å². The van der Waals surface area contributed by atoms with Crippen LogP contribution < -0.4 is 0 Å². The summed E-state index contributed by atoms with van der Waals surface area (Å²) >= 11 is 0. The Morgan fingerprint density at radius 3 is 1.82 bits per heavy atom. The highest BCUT2D eigenvalue weighted by Crippen LogP contribution is 2.13. The molecule has 0 amide bonds. The van der Waals surface area contributed by atoms with Gasteiger partial charge in [-0.25, -0.2) is 0 Å². The van der Waals surface area contributed by atoms with Crippen LogP contribution in [-0.4, -0.2) is 34.4 Å². The summed E-state index contributed by atoms with van der Waals surface area (Å²) in [6.07, 6.45) is 17.7. The molecule has 0 aliphatic carbocycles. The molecule has 0 aromatic heterocycles. The van der Waals surface area contributed by atoms with Crippen molar-refractivity contribution in [3.05, 3.63) is 12.3 Å². The van der Waals surface area contributed by atoms with Crippen LogP contribution in [0.15, 0.2) is 12.3 Å². The van der Waals surface area contributed by atoms with Crippen molar-refractivity contribution in [2.75, 3.05) is 28.1 Å². The molecular formula is C18H36O4. The maximum absolute atomic E-state index is 5.18. The molecule has 4 heteroatoms. The fraction of sp³-hybridized carbons (Fsp3) is 0.889. The van der Waals surface area contributed by atoms with Crippen LogP contribution in [0.4, 0.5) is 0 Å². The van der Waals surface area contributed by atoms with Crippen LogP contribution >= 0.6 is 0 Å². The molecule has 0 fully saturated rings. The van der Waals surface area contributed by atoms with Crippen LogP contribution in [0.25, 0.3) is 0 Å². The largest absolute Gasteiger partial charge is 0.476 e. The molecule has 0 aromatic rings. The predicted molar refractivity (Wildman–Crippen MR) is 90.7 cm³/mol. The first kappa shape index (κ1) is 21.4. The number of allylic oxidation sites excluding steroid dienone is 1. The summed E-state index contributed by atoms with van der Waals surface area (Å²) in [4.78, 5) is 0. The molecule has 0 aliphatic rings. The highest BCUT2D eigenvalue weighted by Gasteiger charge is 2.03. The third kappa shape index (κ3) is 15.8. The Kier molecular flexibility index (Phi) is 18.0. The first-order valence-corrected chi connectivity index (χ1v) is 8.66. The van der Waals surface area contributed by atoms with Gasteiger partial charge in [-0.3, -0.25) is 0 Å². The minimum absolute atomic E-state index is 0.0195. The zero-order valence-electron chi connectivity index (χ0n) is 14.9. The van der Waals surface area contributed by atoms with Gasteiger partial charge in [0.05, 0.1) is 6.26 Å². The summed E-state index contributed by atoms with van der Waals surface area (Å²) in [5.74, 6) is 0. The number of ether oxygens (including phenoxy) is 4. The molecule has 22 heavy (non-hydrogen) atoms. The highest BCUT2D eigenvalue weighted by molar-refractivity contribution is 4.72. The van der Waals surface area contributed by atoms with Crippen molar-refractivity contribution in [3.63, 3.8) is 0 Å². The van der Waals surface area contributed by atoms with Gasteiger partial charge in [0.2, 0.25) is 0 Å². The van der Waals surface area contributed by atoms with E-state index in [-0.39, 0.29) is 6.29 Å². The lowest BCUT2D eigenvalue weighted by atomic mass is 10.1. The Labute approximate surface area is 137 Å². The minimum atomic E-state index is -0.0195. The fourth-order valence-corrected chi connectivity index (χ4v) is 2.39. The van der Waals surface area contributed by atoms with E-state index in [2.05, 4.69) is 6.08 Å². The summed E-state index contributed by atoms with van der Waals surface area (Å²) < 4.78 is 20.2. The van der Waals surface area contributed by atoms with E-state index in [0.717, 1.165) is 12.8 Å². The zero-order valence-corrected chi connectivity index (χ0v) is 14.9. The molecule has 0 rings (SSSR count). The smallest absolute Gasteiger partial charge is 0.187 e. The fourth-order valence-electron chi connectivity index (χ4n) is 2.39. The van der Waals surface area contributed by atoms with Crippen molar-refractivity contribution in [2.24, 2.45) is 0 Å². The van der Waals surface area contributed by atoms with Crippen LogP contribution in [-0.2, 0) is 18.9 Å². The molecule has 4 nitrogen and oxygen atoms in total. The zero-order chi connectivity index (χ0) is 16.3. The van der Waals surface area contributed by atoms with Crippen LogP contribution in [0.3, 0.4) is 0 Å². The Morgan fingerprint density at radius 1 is 0.727 bits per heavy atom. The van der Waals surface area contributed by atoms with Crippen molar-refractivity contribution in [2.45, 2.75) is 76.9 Å². The molecule has 0 atom stereocenters. The summed E-state index contributed by atoms with van der Waals surface area (Å²) in [5.41, 5.74) is 0. The van der Waals surface area contributed by atoms with Gasteiger partial charge in [-0.15, -0.1) is 0 Å². The van der Waals surface area contributed by atoms with Gasteiger partial charge in [-0.1, -0.05) is 44.9 Å². The lowest BCUT2D eigenvalue weighted by Crippen LogP contribution is -2.12. The molecule has 0 saturated heterocycles. The Hall–Kier alpha value is -0.580. The van der Waals surface area contributed by atoms with E-state index in [1.54, 1.807) is 27.6 Å². The Balaban J connectivity index is 3.10. The summed E-state index contributed by atoms with van der Waals surface area (Å²) in [7, 11) is 5.04. The second-order valence-electron chi connectivity index (χ2n) is 5.61. The summed E-state index contributed by atoms with van der Waals surface area (Å²) in [6.45, 7) is 0.341. The standard InChI is InChI=1S/C18H36O4/c1-19-17-22-16-14-12-10-8-6-4-5-7-9-11-13-15-18(20-2)21-3/h14,16,18H,4-13,15,17H2,1-3H3. The Bertz CT molecular complexity index is 227. The SMILES string of the molecule is COCOC=CCCCCCCCCCCCC(OC)OC. The summed E-state index contributed by atoms with van der Waals surface area (Å²) in [5, 5.41) is 0. The topological polar surface area (TPSA) is 36.9 Å². The van der Waals surface area contributed by atoms with Crippen LogP contribution in [0, 0.1) is 0 Å². The molecule has 0 aliphatic heterocycles. The first-order valence-electron chi connectivity index (χ1n) is 8.66. The second-order valence-corrected chi connectivity index (χ2v) is 5.61. The quantitative estimate of drug-likeness (QED) is 0.214. The lowest BCUT2D eigenvalue weighted by Gasteiger charge is -2.12. The molecule has 0 heterocycles. The van der Waals surface area contributed by atoms with E-state index in [1.165, 1.54) is 57.8 Å². The maximum atomic E-state index is 5.18. The van der Waals surface area contributed by atoms with E-state index in [4.69, 9.17) is 18.9 Å². The van der Waals surface area contributed by atoms with E-state index < -0.39 is 0 Å². The third-order valence-corrected chi connectivity index (χ3v) is 3.71. The number of rotatable bonds is 17. The highest BCUT2D eigenvalue weighted by atomic mass is 16.7. The van der Waals surface area contributed by atoms with Crippen LogP contribution in [0.1, 0.15) is 70.6 Å². The molecule has 0 spiro atoms. The van der Waals surface area contributed by atoms with Gasteiger partial charge < -0.3 is 18.9 Å². The average molecular weight is 316 g/mol. The van der Waals surface area contributed by atoms with Gasteiger partial charge in [0, 0.05) is 21.3 Å². The van der Waals surface area contributed by atoms with Crippen molar-refractivity contribution in [1.29, 1.82) is 0 Å². The van der Waals surface area contributed by atoms with Gasteiger partial charge in [-0.2, -0.15) is 0 Å². The summed E-state index contributed by atoms with van der Waals surface area (Å²) in [6, 6.07) is 0. The molecule has 0 unspecified atom stereocenters. The van der Waals surface area contributed by atoms with Crippen LogP contribution in [0.2, 0.25) is 0 Å². The molecule has 0 radical (unpaired) electrons. The molecule has 132 valence electrons. The monoisotopic (exact) mass is 316 g/mol.